The summed E-state index contributed by atoms with van der Waals surface area (Å²) in [6.07, 6.45) is 0.487. The molecule has 0 aliphatic carbocycles. The number of thiazole rings is 1. The van der Waals surface area contributed by atoms with Crippen molar-refractivity contribution in [2.45, 2.75) is 38.4 Å². The Hall–Kier alpha value is -3.79. The number of urea groups is 1. The molecule has 1 unspecified atom stereocenters. The third-order valence-electron chi connectivity index (χ3n) is 5.89. The highest BCUT2D eigenvalue weighted by molar-refractivity contribution is 7.18. The van der Waals surface area contributed by atoms with E-state index < -0.39 is 48.6 Å². The molecule has 1 atom stereocenters. The van der Waals surface area contributed by atoms with Gasteiger partial charge >= 0.3 is 12.2 Å². The molecule has 0 bridgehead atoms. The van der Waals surface area contributed by atoms with Crippen LogP contribution in [0.2, 0.25) is 0 Å². The number of carbonyl (C=O) groups is 1. The third kappa shape index (κ3) is 5.00. The maximum Gasteiger partial charge on any atom is 0.420 e. The number of nitrogens with one attached hydrogen (secondary N) is 2. The number of aryl methyl sites for hydroxylation is 1. The second kappa shape index (κ2) is 9.50. The summed E-state index contributed by atoms with van der Waals surface area (Å²) in [4.78, 5) is 28.4. The molecule has 0 spiro atoms. The van der Waals surface area contributed by atoms with Crippen LogP contribution in [0.15, 0.2) is 30.9 Å². The standard InChI is InChI=1S/C22H20F5N9OS/c1-3-15(35-9-21(23,24)10-35)16-14(8-29-19-17(16)32-11(2)38-19)34-20(37)33-12-6-13(22(25,26)27)18(28-7-12)36-30-4-5-31-36/h4-8,15H,3,9-10H2,1-2H3,(H2,33,34,37). The highest BCUT2D eigenvalue weighted by Gasteiger charge is 2.47. The molecule has 1 fully saturated rings. The number of anilines is 2. The maximum absolute atomic E-state index is 13.7. The van der Waals surface area contributed by atoms with Gasteiger partial charge in [0.15, 0.2) is 5.82 Å². The predicted molar refractivity (Wildman–Crippen MR) is 129 cm³/mol. The summed E-state index contributed by atoms with van der Waals surface area (Å²) in [5, 5.41) is 13.0. The molecule has 2 amide bonds. The van der Waals surface area contributed by atoms with Gasteiger partial charge in [-0.2, -0.15) is 23.4 Å². The molecule has 0 saturated carbocycles. The largest absolute Gasteiger partial charge is 0.420 e. The Bertz CT molecular complexity index is 1480. The number of alkyl halides is 5. The van der Waals surface area contributed by atoms with Gasteiger partial charge in [0.05, 0.1) is 54.3 Å². The van der Waals surface area contributed by atoms with Crippen LogP contribution in [0, 0.1) is 6.92 Å². The van der Waals surface area contributed by atoms with Crippen molar-refractivity contribution >= 4 is 39.1 Å². The predicted octanol–water partition coefficient (Wildman–Crippen LogP) is 5.04. The number of halogens is 5. The summed E-state index contributed by atoms with van der Waals surface area (Å²) in [6.45, 7) is 2.74. The van der Waals surface area contributed by atoms with Crippen molar-refractivity contribution in [3.8, 4) is 5.82 Å². The summed E-state index contributed by atoms with van der Waals surface area (Å²) >= 11 is 1.32. The number of amides is 2. The highest BCUT2D eigenvalue weighted by Crippen LogP contribution is 2.42. The van der Waals surface area contributed by atoms with Crippen molar-refractivity contribution in [2.75, 3.05) is 23.7 Å². The minimum Gasteiger partial charge on any atom is -0.306 e. The second-order valence-electron chi connectivity index (χ2n) is 8.65. The fraction of sp³-hybridized carbons (Fsp3) is 0.364. The molecule has 5 rings (SSSR count). The zero-order chi connectivity index (χ0) is 27.2. The molecule has 38 heavy (non-hydrogen) atoms. The van der Waals surface area contributed by atoms with Crippen molar-refractivity contribution in [3.05, 3.63) is 47.0 Å². The Morgan fingerprint density at radius 3 is 2.50 bits per heavy atom. The van der Waals surface area contributed by atoms with E-state index in [4.69, 9.17) is 0 Å². The van der Waals surface area contributed by atoms with E-state index in [1.807, 2.05) is 6.92 Å². The number of nitrogens with zero attached hydrogens (tertiary/aromatic N) is 7. The normalized spacial score (nSPS) is 16.3. The van der Waals surface area contributed by atoms with E-state index >= 15 is 0 Å². The number of hydrogen-bond donors (Lipinski definition) is 2. The van der Waals surface area contributed by atoms with Crippen molar-refractivity contribution in [1.29, 1.82) is 0 Å². The molecule has 200 valence electrons. The quantitative estimate of drug-likeness (QED) is 0.322. The Morgan fingerprint density at radius 2 is 1.87 bits per heavy atom. The zero-order valence-corrected chi connectivity index (χ0v) is 20.7. The minimum atomic E-state index is -4.80. The smallest absolute Gasteiger partial charge is 0.306 e. The molecule has 1 aliphatic rings. The number of aromatic nitrogens is 6. The number of carbonyl (C=O) groups excluding carboxylic acids is 1. The van der Waals surface area contributed by atoms with Gasteiger partial charge in [0.2, 0.25) is 0 Å². The summed E-state index contributed by atoms with van der Waals surface area (Å²) in [7, 11) is 0. The Balaban J connectivity index is 1.44. The topological polar surface area (TPSA) is 114 Å². The van der Waals surface area contributed by atoms with E-state index in [1.54, 1.807) is 11.8 Å². The fourth-order valence-electron chi connectivity index (χ4n) is 4.35. The van der Waals surface area contributed by atoms with Crippen molar-refractivity contribution in [3.63, 3.8) is 0 Å². The highest BCUT2D eigenvalue weighted by atomic mass is 32.1. The fourth-order valence-corrected chi connectivity index (χ4v) is 5.13. The van der Waals surface area contributed by atoms with Gasteiger partial charge in [-0.05, 0) is 19.4 Å². The summed E-state index contributed by atoms with van der Waals surface area (Å²) in [5.41, 5.74) is -0.187. The minimum absolute atomic E-state index is 0.212. The lowest BCUT2D eigenvalue weighted by Crippen LogP contribution is -2.57. The van der Waals surface area contributed by atoms with Gasteiger partial charge in [0, 0.05) is 11.6 Å². The van der Waals surface area contributed by atoms with Gasteiger partial charge in [-0.25, -0.2) is 28.5 Å². The Morgan fingerprint density at radius 1 is 1.16 bits per heavy atom. The monoisotopic (exact) mass is 553 g/mol. The first-order valence-corrected chi connectivity index (χ1v) is 12.2. The summed E-state index contributed by atoms with van der Waals surface area (Å²) in [5.74, 6) is -3.36. The number of likely N-dealkylation sites (tertiary alicyclic amines) is 1. The molecule has 0 radical (unpaired) electrons. The first kappa shape index (κ1) is 25.8. The van der Waals surface area contributed by atoms with E-state index in [1.165, 1.54) is 29.9 Å². The molecule has 4 aromatic heterocycles. The van der Waals surface area contributed by atoms with Gasteiger partial charge in [-0.3, -0.25) is 4.90 Å². The average molecular weight is 554 g/mol. The Kier molecular flexibility index (Phi) is 6.46. The van der Waals surface area contributed by atoms with E-state index in [-0.39, 0.29) is 11.4 Å². The molecule has 1 saturated heterocycles. The lowest BCUT2D eigenvalue weighted by atomic mass is 9.96. The molecule has 4 aromatic rings. The summed E-state index contributed by atoms with van der Waals surface area (Å²) in [6, 6.07) is -0.645. The molecule has 0 aromatic carbocycles. The molecule has 2 N–H and O–H groups in total. The number of pyridine rings is 2. The van der Waals surface area contributed by atoms with Crippen LogP contribution < -0.4 is 10.6 Å². The van der Waals surface area contributed by atoms with Crippen LogP contribution >= 0.6 is 11.3 Å². The molecular weight excluding hydrogens is 533 g/mol. The van der Waals surface area contributed by atoms with Crippen LogP contribution in [-0.4, -0.2) is 59.9 Å². The second-order valence-corrected chi connectivity index (χ2v) is 9.83. The summed E-state index contributed by atoms with van der Waals surface area (Å²) < 4.78 is 68.4. The first-order chi connectivity index (χ1) is 17.9. The molecular formula is C22H20F5N9OS. The van der Waals surface area contributed by atoms with E-state index in [0.717, 1.165) is 11.0 Å². The number of fused-ring (bicyclic) bond motifs is 1. The number of hydrogen-bond acceptors (Lipinski definition) is 8. The lowest BCUT2D eigenvalue weighted by Gasteiger charge is -2.44. The van der Waals surface area contributed by atoms with Gasteiger partial charge in [-0.15, -0.1) is 4.80 Å². The van der Waals surface area contributed by atoms with E-state index in [2.05, 4.69) is 35.8 Å². The van der Waals surface area contributed by atoms with Crippen LogP contribution in [0.1, 0.15) is 35.5 Å². The molecule has 5 heterocycles. The van der Waals surface area contributed by atoms with Crippen LogP contribution in [-0.2, 0) is 6.18 Å². The van der Waals surface area contributed by atoms with Gasteiger partial charge in [0.25, 0.3) is 5.92 Å². The van der Waals surface area contributed by atoms with Crippen molar-refractivity contribution in [1.82, 2.24) is 34.8 Å². The van der Waals surface area contributed by atoms with Crippen LogP contribution in [0.5, 0.6) is 0 Å². The van der Waals surface area contributed by atoms with Gasteiger partial charge < -0.3 is 10.6 Å². The Labute approximate surface area is 215 Å². The SMILES string of the molecule is CCC(c1c(NC(=O)Nc2cnc(-n3nccn3)c(C(F)(F)F)c2)cnc2sc(C)nc12)N1CC(F)(F)C1. The van der Waals surface area contributed by atoms with Crippen molar-refractivity contribution in [2.24, 2.45) is 0 Å². The zero-order valence-electron chi connectivity index (χ0n) is 19.9. The van der Waals surface area contributed by atoms with E-state index in [0.29, 0.717) is 33.4 Å². The third-order valence-corrected chi connectivity index (χ3v) is 6.77. The van der Waals surface area contributed by atoms with E-state index in [9.17, 15) is 26.7 Å². The van der Waals surface area contributed by atoms with Gasteiger partial charge in [-0.1, -0.05) is 18.3 Å². The first-order valence-electron chi connectivity index (χ1n) is 11.3. The van der Waals surface area contributed by atoms with Gasteiger partial charge in [0.1, 0.15) is 15.9 Å². The van der Waals surface area contributed by atoms with Crippen LogP contribution in [0.25, 0.3) is 16.2 Å². The number of rotatable bonds is 6. The van der Waals surface area contributed by atoms with Crippen LogP contribution in [0.4, 0.5) is 38.1 Å². The molecule has 16 heteroatoms. The van der Waals surface area contributed by atoms with Crippen molar-refractivity contribution < 1.29 is 26.7 Å². The molecule has 1 aliphatic heterocycles. The molecule has 10 nitrogen and oxygen atoms in total. The maximum atomic E-state index is 13.7. The average Bonchev–Trinajstić information content (AvgIpc) is 3.48. The lowest BCUT2D eigenvalue weighted by molar-refractivity contribution is -0.147. The van der Waals surface area contributed by atoms with Crippen LogP contribution in [0.3, 0.4) is 0 Å².